The highest BCUT2D eigenvalue weighted by Crippen LogP contribution is 2.60. The van der Waals surface area contributed by atoms with E-state index in [-0.39, 0.29) is 47.3 Å². The molecule has 1 saturated carbocycles. The van der Waals surface area contributed by atoms with Gasteiger partial charge in [-0.15, -0.1) is 0 Å². The standard InChI is InChI=1S/C27H38O6/c1-17(2)7-13-21-26(4,33-21)25-24(30-6)23(18(3)15-27(25)16-31-27)32-22(28)14-10-19-8-11-20(29-5)12-9-19/h8-12,14,17-18,21,23-25H,7,13,15-16H2,1-6H3/b14-10+. The quantitative estimate of drug-likeness (QED) is 0.305. The molecule has 7 unspecified atom stereocenters. The van der Waals surface area contributed by atoms with Gasteiger partial charge in [-0.3, -0.25) is 0 Å². The molecule has 2 saturated heterocycles. The van der Waals surface area contributed by atoms with Crippen LogP contribution in [0.2, 0.25) is 0 Å². The molecule has 0 amide bonds. The fourth-order valence-corrected chi connectivity index (χ4v) is 5.72. The predicted octanol–water partition coefficient (Wildman–Crippen LogP) is 4.65. The van der Waals surface area contributed by atoms with Crippen molar-refractivity contribution in [2.24, 2.45) is 17.8 Å². The van der Waals surface area contributed by atoms with E-state index in [0.717, 1.165) is 37.2 Å². The van der Waals surface area contributed by atoms with Crippen LogP contribution in [0.3, 0.4) is 0 Å². The molecule has 1 aromatic rings. The van der Waals surface area contributed by atoms with Gasteiger partial charge >= 0.3 is 5.97 Å². The van der Waals surface area contributed by atoms with Crippen LogP contribution in [-0.4, -0.2) is 56.3 Å². The molecule has 1 aliphatic carbocycles. The van der Waals surface area contributed by atoms with Crippen molar-refractivity contribution in [2.45, 2.75) is 76.5 Å². The molecule has 3 aliphatic rings. The lowest BCUT2D eigenvalue weighted by atomic mass is 9.65. The molecule has 0 radical (unpaired) electrons. The number of ether oxygens (including phenoxy) is 5. The SMILES string of the molecule is COc1ccc(/C=C/C(=O)OC2C(C)CC3(CO3)C(C3(C)OC3CCC(C)C)C2OC)cc1. The van der Waals surface area contributed by atoms with Crippen molar-refractivity contribution in [1.29, 1.82) is 0 Å². The molecule has 7 atom stereocenters. The summed E-state index contributed by atoms with van der Waals surface area (Å²) in [6.07, 6.45) is 5.81. The van der Waals surface area contributed by atoms with Crippen LogP contribution in [0.25, 0.3) is 6.08 Å². The summed E-state index contributed by atoms with van der Waals surface area (Å²) in [5, 5.41) is 0. The Morgan fingerprint density at radius 2 is 1.91 bits per heavy atom. The summed E-state index contributed by atoms with van der Waals surface area (Å²) in [5.74, 6) is 1.21. The lowest BCUT2D eigenvalue weighted by molar-refractivity contribution is -0.176. The largest absolute Gasteiger partial charge is 0.497 e. The lowest BCUT2D eigenvalue weighted by Gasteiger charge is -2.45. The average molecular weight is 459 g/mol. The zero-order valence-corrected chi connectivity index (χ0v) is 20.7. The van der Waals surface area contributed by atoms with Gasteiger partial charge in [0.15, 0.2) is 0 Å². The molecule has 6 heteroatoms. The molecule has 0 aromatic heterocycles. The Balaban J connectivity index is 1.46. The summed E-state index contributed by atoms with van der Waals surface area (Å²) in [7, 11) is 3.33. The van der Waals surface area contributed by atoms with Gasteiger partial charge in [0.1, 0.15) is 29.2 Å². The molecule has 0 N–H and O–H groups in total. The number of methoxy groups -OCH3 is 2. The first-order valence-electron chi connectivity index (χ1n) is 12.1. The molecular weight excluding hydrogens is 420 g/mol. The minimum atomic E-state index is -0.366. The first kappa shape index (κ1) is 24.2. The molecule has 1 aromatic carbocycles. The van der Waals surface area contributed by atoms with Gasteiger partial charge in [0.05, 0.1) is 25.7 Å². The van der Waals surface area contributed by atoms with E-state index in [1.165, 1.54) is 6.08 Å². The van der Waals surface area contributed by atoms with Crippen LogP contribution in [0.15, 0.2) is 30.3 Å². The molecule has 3 fully saturated rings. The number of esters is 1. The molecule has 182 valence electrons. The normalized spacial score (nSPS) is 37.5. The number of hydrogen-bond donors (Lipinski definition) is 0. The highest BCUT2D eigenvalue weighted by molar-refractivity contribution is 5.87. The fraction of sp³-hybridized carbons (Fsp3) is 0.667. The van der Waals surface area contributed by atoms with Crippen molar-refractivity contribution >= 4 is 12.0 Å². The summed E-state index contributed by atoms with van der Waals surface area (Å²) < 4.78 is 29.5. The fourth-order valence-electron chi connectivity index (χ4n) is 5.72. The van der Waals surface area contributed by atoms with E-state index in [0.29, 0.717) is 5.92 Å². The van der Waals surface area contributed by atoms with Gasteiger partial charge < -0.3 is 23.7 Å². The number of carbonyl (C=O) groups is 1. The number of benzene rings is 1. The van der Waals surface area contributed by atoms with Crippen LogP contribution >= 0.6 is 0 Å². The number of carbonyl (C=O) groups excluding carboxylic acids is 1. The molecule has 33 heavy (non-hydrogen) atoms. The first-order chi connectivity index (χ1) is 15.7. The Kier molecular flexibility index (Phi) is 6.90. The maximum Gasteiger partial charge on any atom is 0.331 e. The van der Waals surface area contributed by atoms with Gasteiger partial charge in [-0.25, -0.2) is 4.79 Å². The van der Waals surface area contributed by atoms with Crippen molar-refractivity contribution < 1.29 is 28.5 Å². The van der Waals surface area contributed by atoms with Gasteiger partial charge in [0.2, 0.25) is 0 Å². The minimum Gasteiger partial charge on any atom is -0.497 e. The second-order valence-electron chi connectivity index (χ2n) is 10.5. The Hall–Kier alpha value is -1.89. The highest BCUT2D eigenvalue weighted by Gasteiger charge is 2.73. The average Bonchev–Trinajstić information content (AvgIpc) is 3.70. The van der Waals surface area contributed by atoms with E-state index < -0.39 is 0 Å². The summed E-state index contributed by atoms with van der Waals surface area (Å²) in [6.45, 7) is 9.48. The zero-order chi connectivity index (χ0) is 23.8. The summed E-state index contributed by atoms with van der Waals surface area (Å²) in [5.41, 5.74) is 0.363. The predicted molar refractivity (Wildman–Crippen MR) is 126 cm³/mol. The van der Waals surface area contributed by atoms with Gasteiger partial charge in [0.25, 0.3) is 0 Å². The van der Waals surface area contributed by atoms with Crippen molar-refractivity contribution in [3.05, 3.63) is 35.9 Å². The summed E-state index contributed by atoms with van der Waals surface area (Å²) in [6, 6.07) is 7.52. The van der Waals surface area contributed by atoms with Crippen LogP contribution in [-0.2, 0) is 23.7 Å². The Bertz CT molecular complexity index is 858. The third kappa shape index (κ3) is 4.98. The van der Waals surface area contributed by atoms with E-state index >= 15 is 0 Å². The van der Waals surface area contributed by atoms with E-state index in [9.17, 15) is 4.79 Å². The first-order valence-corrected chi connectivity index (χ1v) is 12.1. The monoisotopic (exact) mass is 458 g/mol. The molecule has 2 heterocycles. The summed E-state index contributed by atoms with van der Waals surface area (Å²) in [4.78, 5) is 12.8. The molecular formula is C27H38O6. The minimum absolute atomic E-state index is 0.0340. The topological polar surface area (TPSA) is 69.8 Å². The Morgan fingerprint density at radius 3 is 2.48 bits per heavy atom. The molecule has 1 spiro atoms. The number of epoxide rings is 2. The lowest BCUT2D eigenvalue weighted by Crippen LogP contribution is -2.58. The maximum absolute atomic E-state index is 12.8. The van der Waals surface area contributed by atoms with E-state index in [1.807, 2.05) is 24.3 Å². The number of rotatable bonds is 9. The van der Waals surface area contributed by atoms with E-state index in [4.69, 9.17) is 23.7 Å². The second kappa shape index (κ2) is 9.40. The summed E-state index contributed by atoms with van der Waals surface area (Å²) >= 11 is 0. The van der Waals surface area contributed by atoms with Crippen molar-refractivity contribution in [3.8, 4) is 5.75 Å². The molecule has 6 nitrogen and oxygen atoms in total. The zero-order valence-electron chi connectivity index (χ0n) is 20.7. The third-order valence-corrected chi connectivity index (χ3v) is 7.62. The van der Waals surface area contributed by atoms with Crippen LogP contribution < -0.4 is 4.74 Å². The van der Waals surface area contributed by atoms with Gasteiger partial charge in [-0.1, -0.05) is 32.9 Å². The van der Waals surface area contributed by atoms with Crippen LogP contribution in [0.4, 0.5) is 0 Å². The highest BCUT2D eigenvalue weighted by atomic mass is 16.6. The Morgan fingerprint density at radius 1 is 1.21 bits per heavy atom. The van der Waals surface area contributed by atoms with Gasteiger partial charge in [0, 0.05) is 13.2 Å². The van der Waals surface area contributed by atoms with Crippen molar-refractivity contribution in [1.82, 2.24) is 0 Å². The van der Waals surface area contributed by atoms with Crippen molar-refractivity contribution in [2.75, 3.05) is 20.8 Å². The van der Waals surface area contributed by atoms with Crippen LogP contribution in [0.1, 0.15) is 52.5 Å². The smallest absolute Gasteiger partial charge is 0.331 e. The number of hydrogen-bond acceptors (Lipinski definition) is 6. The second-order valence-corrected chi connectivity index (χ2v) is 10.5. The molecule has 0 bridgehead atoms. The maximum atomic E-state index is 12.8. The van der Waals surface area contributed by atoms with Gasteiger partial charge in [-0.2, -0.15) is 0 Å². The van der Waals surface area contributed by atoms with E-state index in [2.05, 4.69) is 27.7 Å². The van der Waals surface area contributed by atoms with E-state index in [1.54, 1.807) is 20.3 Å². The molecule has 4 rings (SSSR count). The van der Waals surface area contributed by atoms with Gasteiger partial charge in [-0.05, 0) is 61.8 Å². The Labute approximate surface area is 197 Å². The molecule has 2 aliphatic heterocycles. The third-order valence-electron chi connectivity index (χ3n) is 7.62. The van der Waals surface area contributed by atoms with Crippen LogP contribution in [0.5, 0.6) is 5.75 Å². The van der Waals surface area contributed by atoms with Crippen molar-refractivity contribution in [3.63, 3.8) is 0 Å². The van der Waals surface area contributed by atoms with Crippen LogP contribution in [0, 0.1) is 17.8 Å².